The van der Waals surface area contributed by atoms with Gasteiger partial charge in [0.15, 0.2) is 5.82 Å². The van der Waals surface area contributed by atoms with Gasteiger partial charge < -0.3 is 0 Å². The van der Waals surface area contributed by atoms with Gasteiger partial charge in [-0.15, -0.1) is 11.3 Å². The molecule has 0 fully saturated rings. The van der Waals surface area contributed by atoms with Crippen molar-refractivity contribution >= 4 is 23.6 Å². The highest BCUT2D eigenvalue weighted by Gasteiger charge is 2.05. The average Bonchev–Trinajstić information content (AvgIpc) is 2.74. The lowest BCUT2D eigenvalue weighted by Crippen LogP contribution is -1.76. The fourth-order valence-corrected chi connectivity index (χ4v) is 2.24. The van der Waals surface area contributed by atoms with Crippen molar-refractivity contribution in [3.8, 4) is 10.7 Å². The van der Waals surface area contributed by atoms with Crippen LogP contribution in [0.3, 0.4) is 0 Å². The van der Waals surface area contributed by atoms with Crippen molar-refractivity contribution < 1.29 is 0 Å². The van der Waals surface area contributed by atoms with E-state index in [-0.39, 0.29) is 0 Å². The number of nitrogens with zero attached hydrogens (tertiary/aromatic N) is 2. The molecule has 0 aromatic carbocycles. The summed E-state index contributed by atoms with van der Waals surface area (Å²) in [4.78, 5) is 9.46. The largest absolute Gasteiger partial charge is 0.281 e. The number of aromatic nitrogens is 4. The van der Waals surface area contributed by atoms with Crippen LogP contribution in [0.5, 0.6) is 0 Å². The molecule has 74 valence electrons. The molecule has 0 unspecified atom stereocenters. The van der Waals surface area contributed by atoms with E-state index in [0.29, 0.717) is 4.77 Å². The van der Waals surface area contributed by atoms with Gasteiger partial charge in [0.2, 0.25) is 4.77 Å². The molecule has 2 N–H and O–H groups in total. The Bertz CT molecular complexity index is 467. The summed E-state index contributed by atoms with van der Waals surface area (Å²) in [7, 11) is 0. The van der Waals surface area contributed by atoms with Crippen LogP contribution in [0.2, 0.25) is 0 Å². The Morgan fingerprint density at radius 1 is 1.50 bits per heavy atom. The van der Waals surface area contributed by atoms with E-state index in [1.807, 2.05) is 6.20 Å². The van der Waals surface area contributed by atoms with E-state index >= 15 is 0 Å². The van der Waals surface area contributed by atoms with Gasteiger partial charge in [0.05, 0.1) is 9.88 Å². The number of aromatic amines is 2. The second kappa shape index (κ2) is 4.02. The summed E-state index contributed by atoms with van der Waals surface area (Å²) in [5.41, 5.74) is 0. The summed E-state index contributed by atoms with van der Waals surface area (Å²) in [5.74, 6) is 0.773. The predicted molar refractivity (Wildman–Crippen MR) is 58.9 cm³/mol. The minimum Gasteiger partial charge on any atom is -0.281 e. The monoisotopic (exact) mass is 226 g/mol. The van der Waals surface area contributed by atoms with Crippen LogP contribution >= 0.6 is 23.6 Å². The minimum atomic E-state index is 0.477. The molecule has 2 aromatic rings. The maximum atomic E-state index is 4.88. The molecule has 0 aliphatic heterocycles. The van der Waals surface area contributed by atoms with Gasteiger partial charge in [-0.05, 0) is 25.1 Å². The minimum absolute atomic E-state index is 0.477. The number of hydrogen-bond donors (Lipinski definition) is 2. The van der Waals surface area contributed by atoms with Crippen molar-refractivity contribution in [2.24, 2.45) is 0 Å². The summed E-state index contributed by atoms with van der Waals surface area (Å²) in [6, 6.07) is 0. The summed E-state index contributed by atoms with van der Waals surface area (Å²) >= 11 is 6.53. The Balaban J connectivity index is 2.28. The topological polar surface area (TPSA) is 57.4 Å². The van der Waals surface area contributed by atoms with Crippen molar-refractivity contribution in [3.05, 3.63) is 16.0 Å². The number of aryl methyl sites for hydroxylation is 1. The highest BCUT2D eigenvalue weighted by atomic mass is 32.1. The smallest absolute Gasteiger partial charge is 0.213 e. The van der Waals surface area contributed by atoms with E-state index in [0.717, 1.165) is 28.6 Å². The number of nitrogens with one attached hydrogen (secondary N) is 2. The second-order valence-corrected chi connectivity index (χ2v) is 4.39. The number of thiazole rings is 1. The zero-order valence-electron chi connectivity index (χ0n) is 7.70. The lowest BCUT2D eigenvalue weighted by Gasteiger charge is -1.87. The maximum absolute atomic E-state index is 4.88. The Hall–Kier alpha value is -1.01. The molecule has 2 rings (SSSR count). The molecule has 0 spiro atoms. The molecule has 0 radical (unpaired) electrons. The highest BCUT2D eigenvalue weighted by Crippen LogP contribution is 2.22. The zero-order chi connectivity index (χ0) is 9.97. The van der Waals surface area contributed by atoms with Crippen molar-refractivity contribution in [2.45, 2.75) is 19.8 Å². The normalized spacial score (nSPS) is 10.6. The van der Waals surface area contributed by atoms with Gasteiger partial charge in [-0.3, -0.25) is 10.2 Å². The molecule has 0 bridgehead atoms. The number of H-pyrrole nitrogens is 2. The Morgan fingerprint density at radius 2 is 2.36 bits per heavy atom. The highest BCUT2D eigenvalue weighted by molar-refractivity contribution is 7.71. The molecular formula is C8H10N4S2. The molecule has 0 amide bonds. The molecule has 14 heavy (non-hydrogen) atoms. The molecule has 0 aliphatic rings. The SMILES string of the molecule is CCCc1ncc(-c2nc(=S)[nH][nH]2)s1. The van der Waals surface area contributed by atoms with Crippen LogP contribution in [0.4, 0.5) is 0 Å². The van der Waals surface area contributed by atoms with Gasteiger partial charge >= 0.3 is 0 Å². The van der Waals surface area contributed by atoms with Crippen LogP contribution in [-0.4, -0.2) is 20.2 Å². The van der Waals surface area contributed by atoms with Gasteiger partial charge in [-0.25, -0.2) is 4.98 Å². The van der Waals surface area contributed by atoms with Gasteiger partial charge in [0.25, 0.3) is 0 Å². The van der Waals surface area contributed by atoms with E-state index in [4.69, 9.17) is 12.2 Å². The average molecular weight is 226 g/mol. The van der Waals surface area contributed by atoms with Crippen LogP contribution in [0, 0.1) is 4.77 Å². The number of rotatable bonds is 3. The molecule has 2 heterocycles. The van der Waals surface area contributed by atoms with Gasteiger partial charge in [-0.1, -0.05) is 6.92 Å². The molecular weight excluding hydrogens is 216 g/mol. The van der Waals surface area contributed by atoms with Gasteiger partial charge in [-0.2, -0.15) is 4.98 Å². The van der Waals surface area contributed by atoms with Crippen LogP contribution in [0.25, 0.3) is 10.7 Å². The molecule has 6 heteroatoms. The van der Waals surface area contributed by atoms with E-state index in [1.165, 1.54) is 0 Å². The van der Waals surface area contributed by atoms with Crippen molar-refractivity contribution in [3.63, 3.8) is 0 Å². The maximum Gasteiger partial charge on any atom is 0.213 e. The van der Waals surface area contributed by atoms with Crippen LogP contribution < -0.4 is 0 Å². The molecule has 0 aliphatic carbocycles. The standard InChI is InChI=1S/C8H10N4S2/c1-2-3-6-9-4-5(14-6)7-10-8(13)12-11-7/h4H,2-3H2,1H3,(H2,10,11,12,13). The van der Waals surface area contributed by atoms with Crippen LogP contribution in [0.1, 0.15) is 18.4 Å². The fraction of sp³-hybridized carbons (Fsp3) is 0.375. The quantitative estimate of drug-likeness (QED) is 0.791. The first-order valence-corrected chi connectivity index (χ1v) is 5.62. The lowest BCUT2D eigenvalue weighted by molar-refractivity contribution is 0.909. The molecule has 0 atom stereocenters. The first-order chi connectivity index (χ1) is 6.79. The van der Waals surface area contributed by atoms with E-state index < -0.39 is 0 Å². The first-order valence-electron chi connectivity index (χ1n) is 4.39. The Labute approximate surface area is 90.4 Å². The van der Waals surface area contributed by atoms with E-state index in [9.17, 15) is 0 Å². The van der Waals surface area contributed by atoms with E-state index in [1.54, 1.807) is 11.3 Å². The predicted octanol–water partition coefficient (Wildman–Crippen LogP) is 2.54. The van der Waals surface area contributed by atoms with Crippen molar-refractivity contribution in [1.82, 2.24) is 20.2 Å². The lowest BCUT2D eigenvalue weighted by atomic mass is 10.4. The van der Waals surface area contributed by atoms with Crippen LogP contribution in [-0.2, 0) is 6.42 Å². The van der Waals surface area contributed by atoms with Gasteiger partial charge in [0.1, 0.15) is 0 Å². The summed E-state index contributed by atoms with van der Waals surface area (Å²) in [6.07, 6.45) is 3.97. The molecule has 0 saturated heterocycles. The molecule has 2 aromatic heterocycles. The number of hydrogen-bond acceptors (Lipinski definition) is 4. The third kappa shape index (κ3) is 1.91. The Morgan fingerprint density at radius 3 is 3.00 bits per heavy atom. The van der Waals surface area contributed by atoms with Gasteiger partial charge in [0, 0.05) is 6.20 Å². The third-order valence-electron chi connectivity index (χ3n) is 1.75. The molecule has 4 nitrogen and oxygen atoms in total. The summed E-state index contributed by atoms with van der Waals surface area (Å²) < 4.78 is 0.477. The first kappa shape index (κ1) is 9.54. The summed E-state index contributed by atoms with van der Waals surface area (Å²) in [5, 5.41) is 6.82. The molecule has 0 saturated carbocycles. The second-order valence-electron chi connectivity index (χ2n) is 2.88. The van der Waals surface area contributed by atoms with Crippen molar-refractivity contribution in [2.75, 3.05) is 0 Å². The van der Waals surface area contributed by atoms with E-state index in [2.05, 4.69) is 27.1 Å². The van der Waals surface area contributed by atoms with Crippen LogP contribution in [0.15, 0.2) is 6.20 Å². The third-order valence-corrected chi connectivity index (χ3v) is 3.01. The van der Waals surface area contributed by atoms with Crippen molar-refractivity contribution in [1.29, 1.82) is 0 Å². The fourth-order valence-electron chi connectivity index (χ4n) is 1.14. The Kier molecular flexibility index (Phi) is 2.74. The summed E-state index contributed by atoms with van der Waals surface area (Å²) in [6.45, 7) is 2.14. The zero-order valence-corrected chi connectivity index (χ0v) is 9.34.